The Morgan fingerprint density at radius 2 is 1.41 bits per heavy atom. The monoisotopic (exact) mass is 324 g/mol. The van der Waals surface area contributed by atoms with E-state index < -0.39 is 6.16 Å². The smallest absolute Gasteiger partial charge is 0.450 e. The van der Waals surface area contributed by atoms with Gasteiger partial charge < -0.3 is 34.3 Å². The topological polar surface area (TPSA) is 115 Å². The largest absolute Gasteiger partial charge is 0.505 e. The molecule has 0 bridgehead atoms. The maximum absolute atomic E-state index is 10.2. The molecule has 0 heterocycles. The quantitative estimate of drug-likeness (QED) is 0.280. The normalized spacial score (nSPS) is 12.3. The van der Waals surface area contributed by atoms with E-state index >= 15 is 0 Å². The fraction of sp³-hybridized carbons (Fsp3) is 0.929. The lowest BCUT2D eigenvalue weighted by Crippen LogP contribution is -2.27. The molecule has 1 unspecified atom stereocenters. The van der Waals surface area contributed by atoms with Crippen LogP contribution in [0.15, 0.2) is 0 Å². The Kier molecular flexibility index (Phi) is 15.7. The van der Waals surface area contributed by atoms with Crippen LogP contribution in [-0.4, -0.2) is 80.4 Å². The van der Waals surface area contributed by atoms with Gasteiger partial charge in [0, 0.05) is 26.4 Å². The van der Waals surface area contributed by atoms with Gasteiger partial charge in [0.25, 0.3) is 0 Å². The molecule has 3 N–H and O–H groups in total. The number of aliphatic hydroxyl groups is 2. The summed E-state index contributed by atoms with van der Waals surface area (Å²) in [5, 5.41) is 25.7. The molecule has 0 aliphatic rings. The molecule has 0 aromatic carbocycles. The van der Waals surface area contributed by atoms with Gasteiger partial charge in [-0.1, -0.05) is 0 Å². The van der Waals surface area contributed by atoms with Gasteiger partial charge in [-0.15, -0.1) is 0 Å². The third-order valence-electron chi connectivity index (χ3n) is 2.66. The van der Waals surface area contributed by atoms with Gasteiger partial charge in [0.05, 0.1) is 19.8 Å². The van der Waals surface area contributed by atoms with Crippen LogP contribution in [0.5, 0.6) is 0 Å². The molecular formula is C14H28O8. The first-order chi connectivity index (χ1) is 10.7. The summed E-state index contributed by atoms with van der Waals surface area (Å²) in [4.78, 5) is 10.2. The summed E-state index contributed by atoms with van der Waals surface area (Å²) in [7, 11) is 0. The van der Waals surface area contributed by atoms with Crippen molar-refractivity contribution in [3.63, 3.8) is 0 Å². The molecule has 8 nitrogen and oxygen atoms in total. The number of aliphatic hydroxyl groups excluding tert-OH is 2. The van der Waals surface area contributed by atoms with E-state index in [4.69, 9.17) is 29.5 Å². The van der Waals surface area contributed by atoms with Gasteiger partial charge in [-0.3, -0.25) is 0 Å². The third-order valence-corrected chi connectivity index (χ3v) is 2.66. The first kappa shape index (κ1) is 21.1. The molecule has 22 heavy (non-hydrogen) atoms. The molecule has 0 saturated heterocycles. The van der Waals surface area contributed by atoms with E-state index in [0.717, 1.165) is 12.8 Å². The minimum atomic E-state index is -1.33. The molecule has 0 aliphatic heterocycles. The number of hydrogen-bond donors (Lipinski definition) is 3. The van der Waals surface area contributed by atoms with Crippen molar-refractivity contribution in [3.05, 3.63) is 0 Å². The van der Waals surface area contributed by atoms with Gasteiger partial charge in [-0.2, -0.15) is 0 Å². The second-order valence-electron chi connectivity index (χ2n) is 4.62. The van der Waals surface area contributed by atoms with Crippen molar-refractivity contribution in [2.45, 2.75) is 31.8 Å². The van der Waals surface area contributed by atoms with E-state index in [1.165, 1.54) is 0 Å². The van der Waals surface area contributed by atoms with E-state index in [9.17, 15) is 4.79 Å². The summed E-state index contributed by atoms with van der Waals surface area (Å²) in [5.74, 6) is 0. The molecule has 0 aromatic rings. The maximum Gasteiger partial charge on any atom is 0.505 e. The Hall–Kier alpha value is -0.930. The highest BCUT2D eigenvalue weighted by Gasteiger charge is 2.10. The first-order valence-corrected chi connectivity index (χ1v) is 7.55. The molecule has 0 fully saturated rings. The lowest BCUT2D eigenvalue weighted by molar-refractivity contribution is -0.0666. The van der Waals surface area contributed by atoms with Gasteiger partial charge in [0.2, 0.25) is 0 Å². The summed E-state index contributed by atoms with van der Waals surface area (Å²) < 4.78 is 20.7. The molecule has 132 valence electrons. The summed E-state index contributed by atoms with van der Waals surface area (Å²) in [6, 6.07) is 0. The number of carbonyl (C=O) groups is 1. The number of unbranched alkanes of at least 4 members (excludes halogenated alkanes) is 2. The van der Waals surface area contributed by atoms with Crippen molar-refractivity contribution in [3.8, 4) is 0 Å². The van der Waals surface area contributed by atoms with E-state index in [1.807, 2.05) is 0 Å². The highest BCUT2D eigenvalue weighted by Crippen LogP contribution is 2.00. The fourth-order valence-electron chi connectivity index (χ4n) is 1.54. The first-order valence-electron chi connectivity index (χ1n) is 7.55. The lowest BCUT2D eigenvalue weighted by Gasteiger charge is -2.18. The third kappa shape index (κ3) is 15.5. The van der Waals surface area contributed by atoms with E-state index in [2.05, 4.69) is 4.74 Å². The van der Waals surface area contributed by atoms with E-state index in [1.54, 1.807) is 0 Å². The molecule has 0 radical (unpaired) electrons. The van der Waals surface area contributed by atoms with Crippen LogP contribution in [0.2, 0.25) is 0 Å². The van der Waals surface area contributed by atoms with Gasteiger partial charge in [-0.05, 0) is 25.7 Å². The maximum atomic E-state index is 10.2. The SMILES string of the molecule is O=C(O)OCCOCC(COCCCCO)OCCCCO. The molecular weight excluding hydrogens is 296 g/mol. The van der Waals surface area contributed by atoms with Crippen LogP contribution >= 0.6 is 0 Å². The van der Waals surface area contributed by atoms with E-state index in [0.29, 0.717) is 32.7 Å². The molecule has 0 rings (SSSR count). The summed E-state index contributed by atoms with van der Waals surface area (Å²) in [6.07, 6.45) is 1.33. The van der Waals surface area contributed by atoms with Crippen LogP contribution in [0.25, 0.3) is 0 Å². The predicted molar refractivity (Wildman–Crippen MR) is 78.0 cm³/mol. The number of rotatable bonds is 16. The average molecular weight is 324 g/mol. The Morgan fingerprint density at radius 3 is 2.00 bits per heavy atom. The fourth-order valence-corrected chi connectivity index (χ4v) is 1.54. The van der Waals surface area contributed by atoms with Crippen molar-refractivity contribution >= 4 is 6.16 Å². The van der Waals surface area contributed by atoms with Crippen molar-refractivity contribution in [2.75, 3.05) is 52.9 Å². The molecule has 0 aliphatic carbocycles. The minimum absolute atomic E-state index is 0.0239. The average Bonchev–Trinajstić information content (AvgIpc) is 2.49. The zero-order valence-corrected chi connectivity index (χ0v) is 12.9. The second kappa shape index (κ2) is 16.4. The Bertz CT molecular complexity index is 249. The molecule has 0 amide bonds. The highest BCUT2D eigenvalue weighted by molar-refractivity contribution is 5.56. The van der Waals surface area contributed by atoms with E-state index in [-0.39, 0.29) is 39.1 Å². The predicted octanol–water partition coefficient (Wildman–Crippen LogP) is 0.644. The highest BCUT2D eigenvalue weighted by atomic mass is 16.7. The van der Waals surface area contributed by atoms with Crippen molar-refractivity contribution in [1.82, 2.24) is 0 Å². The van der Waals surface area contributed by atoms with Crippen LogP contribution < -0.4 is 0 Å². The lowest BCUT2D eigenvalue weighted by atomic mass is 10.3. The zero-order chi connectivity index (χ0) is 16.5. The Morgan fingerprint density at radius 1 is 0.818 bits per heavy atom. The van der Waals surface area contributed by atoms with Crippen LogP contribution in [0.4, 0.5) is 4.79 Å². The Balaban J connectivity index is 3.76. The van der Waals surface area contributed by atoms with Crippen LogP contribution in [0, 0.1) is 0 Å². The minimum Gasteiger partial charge on any atom is -0.450 e. The van der Waals surface area contributed by atoms with Crippen molar-refractivity contribution in [1.29, 1.82) is 0 Å². The summed E-state index contributed by atoms with van der Waals surface area (Å²) in [5.41, 5.74) is 0. The van der Waals surface area contributed by atoms with Crippen LogP contribution in [0.1, 0.15) is 25.7 Å². The van der Waals surface area contributed by atoms with Gasteiger partial charge in [0.15, 0.2) is 0 Å². The standard InChI is InChI=1S/C14H28O8/c15-5-1-3-7-19-11-13(21-8-4-2-6-16)12-20-9-10-22-14(17)18/h13,15-16H,1-12H2,(H,17,18). The number of ether oxygens (including phenoxy) is 4. The summed E-state index contributed by atoms with van der Waals surface area (Å²) in [6.45, 7) is 2.11. The Labute approximate surface area is 130 Å². The molecule has 1 atom stereocenters. The van der Waals surface area contributed by atoms with Gasteiger partial charge in [-0.25, -0.2) is 4.79 Å². The van der Waals surface area contributed by atoms with Gasteiger partial charge >= 0.3 is 6.16 Å². The molecule has 0 aromatic heterocycles. The number of carboxylic acid groups (broad SMARTS) is 1. The van der Waals surface area contributed by atoms with Crippen molar-refractivity contribution in [2.24, 2.45) is 0 Å². The van der Waals surface area contributed by atoms with Crippen molar-refractivity contribution < 1.29 is 39.1 Å². The number of hydrogen-bond acceptors (Lipinski definition) is 7. The molecule has 0 saturated carbocycles. The van der Waals surface area contributed by atoms with Gasteiger partial charge in [0.1, 0.15) is 12.7 Å². The zero-order valence-electron chi connectivity index (χ0n) is 12.9. The van der Waals surface area contributed by atoms with Crippen LogP contribution in [0.3, 0.4) is 0 Å². The second-order valence-corrected chi connectivity index (χ2v) is 4.62. The molecule has 8 heteroatoms. The molecule has 0 spiro atoms. The van der Waals surface area contributed by atoms with Crippen LogP contribution in [-0.2, 0) is 18.9 Å². The summed E-state index contributed by atoms with van der Waals surface area (Å²) >= 11 is 0.